The highest BCUT2D eigenvalue weighted by Gasteiger charge is 2.38. The summed E-state index contributed by atoms with van der Waals surface area (Å²) in [6, 6.07) is 5.34. The molecule has 1 aromatic carbocycles. The van der Waals surface area contributed by atoms with Crippen molar-refractivity contribution in [1.29, 1.82) is 0 Å². The number of rotatable bonds is 3. The van der Waals surface area contributed by atoms with E-state index in [0.717, 1.165) is 18.4 Å². The third-order valence-corrected chi connectivity index (χ3v) is 5.47. The van der Waals surface area contributed by atoms with E-state index in [1.165, 1.54) is 4.80 Å². The van der Waals surface area contributed by atoms with Gasteiger partial charge in [0.1, 0.15) is 11.9 Å². The molecule has 2 fully saturated rings. The number of aromatic hydroxyl groups is 1. The minimum Gasteiger partial charge on any atom is -0.507 e. The zero-order valence-corrected chi connectivity index (χ0v) is 15.8. The Morgan fingerprint density at radius 1 is 1.24 bits per heavy atom. The molecule has 0 amide bonds. The normalized spacial score (nSPS) is 24.9. The Labute approximate surface area is 166 Å². The van der Waals surface area contributed by atoms with Crippen molar-refractivity contribution >= 4 is 6.08 Å². The molecule has 2 unspecified atom stereocenters. The molecule has 0 radical (unpaired) electrons. The van der Waals surface area contributed by atoms with Crippen molar-refractivity contribution < 1.29 is 9.50 Å². The molecule has 2 aliphatic rings. The molecular weight excluding hydrogens is 373 g/mol. The first-order chi connectivity index (χ1) is 14.1. The Balaban J connectivity index is 1.38. The van der Waals surface area contributed by atoms with E-state index in [2.05, 4.69) is 30.7 Å². The Bertz CT molecular complexity index is 1080. The molecule has 0 spiro atoms. The van der Waals surface area contributed by atoms with Crippen LogP contribution in [0.1, 0.15) is 30.8 Å². The second kappa shape index (κ2) is 7.00. The number of aryl methyl sites for hydroxylation is 1. The summed E-state index contributed by atoms with van der Waals surface area (Å²) >= 11 is 0. The largest absolute Gasteiger partial charge is 0.507 e. The summed E-state index contributed by atoms with van der Waals surface area (Å²) in [7, 11) is 0. The van der Waals surface area contributed by atoms with Crippen molar-refractivity contribution in [2.24, 2.45) is 0 Å². The van der Waals surface area contributed by atoms with Crippen LogP contribution in [0.25, 0.3) is 23.0 Å². The van der Waals surface area contributed by atoms with Crippen LogP contribution in [0.15, 0.2) is 36.2 Å². The smallest absolute Gasteiger partial charge is 0.172 e. The van der Waals surface area contributed by atoms with Crippen LogP contribution >= 0.6 is 0 Å². The third kappa shape index (κ3) is 3.38. The summed E-state index contributed by atoms with van der Waals surface area (Å²) in [5, 5.41) is 25.6. The SMILES string of the molecule is Cc1nnn(-c2ccc(-c3cnc(/C=C4\CC5CCC(N5)[C@H]4F)cn3)c(O)c2)n1. The molecule has 0 saturated carbocycles. The van der Waals surface area contributed by atoms with E-state index in [-0.39, 0.29) is 11.8 Å². The van der Waals surface area contributed by atoms with Crippen molar-refractivity contribution in [2.75, 3.05) is 0 Å². The van der Waals surface area contributed by atoms with Crippen LogP contribution in [0.5, 0.6) is 5.75 Å². The predicted octanol–water partition coefficient (Wildman–Crippen LogP) is 2.38. The molecule has 9 heteroatoms. The molecule has 148 valence electrons. The number of aromatic nitrogens is 6. The number of hydrogen-bond acceptors (Lipinski definition) is 7. The van der Waals surface area contributed by atoms with E-state index in [0.29, 0.717) is 40.9 Å². The van der Waals surface area contributed by atoms with E-state index < -0.39 is 6.17 Å². The summed E-state index contributed by atoms with van der Waals surface area (Å²) < 4.78 is 14.6. The molecule has 8 nitrogen and oxygen atoms in total. The monoisotopic (exact) mass is 393 g/mol. The molecule has 2 aliphatic heterocycles. The quantitative estimate of drug-likeness (QED) is 0.704. The second-order valence-corrected chi connectivity index (χ2v) is 7.53. The molecular formula is C20H20FN7O. The molecule has 2 bridgehead atoms. The van der Waals surface area contributed by atoms with Gasteiger partial charge in [-0.1, -0.05) is 0 Å². The lowest BCUT2D eigenvalue weighted by atomic mass is 9.96. The Morgan fingerprint density at radius 2 is 2.14 bits per heavy atom. The molecule has 3 aromatic rings. The van der Waals surface area contributed by atoms with Crippen molar-refractivity contribution in [2.45, 2.75) is 44.4 Å². The minimum absolute atomic E-state index is 0.0385. The number of phenols is 1. The fraction of sp³-hybridized carbons (Fsp3) is 0.350. The summed E-state index contributed by atoms with van der Waals surface area (Å²) in [6.45, 7) is 1.74. The molecule has 5 rings (SSSR count). The number of fused-ring (bicyclic) bond motifs is 2. The van der Waals surface area contributed by atoms with Gasteiger partial charge in [-0.15, -0.1) is 15.0 Å². The van der Waals surface area contributed by atoms with Gasteiger partial charge in [0.2, 0.25) is 0 Å². The van der Waals surface area contributed by atoms with Crippen LogP contribution in [0.3, 0.4) is 0 Å². The van der Waals surface area contributed by atoms with Crippen LogP contribution in [-0.4, -0.2) is 53.5 Å². The van der Waals surface area contributed by atoms with Crippen molar-refractivity contribution in [1.82, 2.24) is 35.5 Å². The van der Waals surface area contributed by atoms with E-state index in [4.69, 9.17) is 0 Å². The lowest BCUT2D eigenvalue weighted by Crippen LogP contribution is -2.42. The Hall–Kier alpha value is -3.20. The van der Waals surface area contributed by atoms with Gasteiger partial charge in [-0.25, -0.2) is 4.39 Å². The van der Waals surface area contributed by atoms with Crippen LogP contribution < -0.4 is 5.32 Å². The zero-order chi connectivity index (χ0) is 20.0. The molecule has 2 N–H and O–H groups in total. The predicted molar refractivity (Wildman–Crippen MR) is 104 cm³/mol. The van der Waals surface area contributed by atoms with Gasteiger partial charge in [0, 0.05) is 23.7 Å². The van der Waals surface area contributed by atoms with E-state index in [1.54, 1.807) is 43.6 Å². The average molecular weight is 393 g/mol. The number of nitrogens with zero attached hydrogens (tertiary/aromatic N) is 6. The molecule has 29 heavy (non-hydrogen) atoms. The number of halogens is 1. The van der Waals surface area contributed by atoms with Crippen molar-refractivity contribution in [3.05, 3.63) is 47.7 Å². The first-order valence-corrected chi connectivity index (χ1v) is 9.60. The number of tetrazole rings is 1. The number of alkyl halides is 1. The van der Waals surface area contributed by atoms with E-state index in [9.17, 15) is 9.50 Å². The van der Waals surface area contributed by atoms with Gasteiger partial charge in [-0.3, -0.25) is 9.97 Å². The average Bonchev–Trinajstić information content (AvgIpc) is 3.33. The van der Waals surface area contributed by atoms with Gasteiger partial charge in [0.05, 0.1) is 29.5 Å². The maximum absolute atomic E-state index is 14.6. The van der Waals surface area contributed by atoms with E-state index >= 15 is 0 Å². The summed E-state index contributed by atoms with van der Waals surface area (Å²) in [5.41, 5.74) is 3.06. The number of piperidine rings is 1. The number of phenolic OH excluding ortho intramolecular Hbond substituents is 1. The van der Waals surface area contributed by atoms with Crippen LogP contribution in [0, 0.1) is 6.92 Å². The van der Waals surface area contributed by atoms with Crippen LogP contribution in [0.2, 0.25) is 0 Å². The Morgan fingerprint density at radius 3 is 2.86 bits per heavy atom. The first-order valence-electron chi connectivity index (χ1n) is 9.60. The first kappa shape index (κ1) is 17.9. The second-order valence-electron chi connectivity index (χ2n) is 7.53. The highest BCUT2D eigenvalue weighted by molar-refractivity contribution is 5.68. The van der Waals surface area contributed by atoms with Crippen molar-refractivity contribution in [3.63, 3.8) is 0 Å². The van der Waals surface area contributed by atoms with Crippen LogP contribution in [-0.2, 0) is 0 Å². The van der Waals surface area contributed by atoms with E-state index in [1.807, 2.05) is 0 Å². The van der Waals surface area contributed by atoms with Gasteiger partial charge in [-0.05, 0) is 55.2 Å². The summed E-state index contributed by atoms with van der Waals surface area (Å²) in [4.78, 5) is 10.2. The Kier molecular flexibility index (Phi) is 4.31. The lowest BCUT2D eigenvalue weighted by molar-refractivity contribution is 0.270. The van der Waals surface area contributed by atoms with Gasteiger partial charge in [-0.2, -0.15) is 0 Å². The lowest BCUT2D eigenvalue weighted by Gasteiger charge is -2.27. The standard InChI is InChI=1S/C20H20FN7O/c1-11-25-27-28(26-11)15-3-4-16(19(29)8-15)18-10-22-14(9-23-18)7-12-6-13-2-5-17(24-13)20(12)21/h3-4,7-10,13,17,20,24,29H,2,5-6H2,1H3/b12-7+/t13?,17?,20-/m0/s1. The molecule has 2 saturated heterocycles. The maximum atomic E-state index is 14.6. The maximum Gasteiger partial charge on any atom is 0.172 e. The molecule has 3 atom stereocenters. The number of benzene rings is 1. The zero-order valence-electron chi connectivity index (χ0n) is 15.8. The van der Waals surface area contributed by atoms with Gasteiger partial charge < -0.3 is 10.4 Å². The fourth-order valence-corrected chi connectivity index (χ4v) is 4.03. The number of hydrogen-bond donors (Lipinski definition) is 2. The molecule has 4 heterocycles. The molecule has 0 aliphatic carbocycles. The highest BCUT2D eigenvalue weighted by atomic mass is 19.1. The van der Waals surface area contributed by atoms with Gasteiger partial charge >= 0.3 is 0 Å². The summed E-state index contributed by atoms with van der Waals surface area (Å²) in [6.07, 6.45) is 6.63. The molecule has 2 aromatic heterocycles. The third-order valence-electron chi connectivity index (χ3n) is 5.47. The topological polar surface area (TPSA) is 102 Å². The van der Waals surface area contributed by atoms with Gasteiger partial charge in [0.25, 0.3) is 0 Å². The van der Waals surface area contributed by atoms with Gasteiger partial charge in [0.15, 0.2) is 5.82 Å². The summed E-state index contributed by atoms with van der Waals surface area (Å²) in [5.74, 6) is 0.582. The fourth-order valence-electron chi connectivity index (χ4n) is 4.03. The minimum atomic E-state index is -0.971. The van der Waals surface area contributed by atoms with Crippen molar-refractivity contribution in [3.8, 4) is 22.7 Å². The number of nitrogens with one attached hydrogen (secondary N) is 1. The highest BCUT2D eigenvalue weighted by Crippen LogP contribution is 2.34. The van der Waals surface area contributed by atoms with Crippen LogP contribution in [0.4, 0.5) is 4.39 Å².